The number of halogens is 1. The molecule has 5 nitrogen and oxygen atoms in total. The van der Waals surface area contributed by atoms with Crippen LogP contribution in [0.4, 0.5) is 4.39 Å². The molecule has 6 heteroatoms. The van der Waals surface area contributed by atoms with E-state index in [1.54, 1.807) is 19.2 Å². The van der Waals surface area contributed by atoms with Crippen LogP contribution in [0.1, 0.15) is 24.4 Å². The van der Waals surface area contributed by atoms with Crippen LogP contribution in [0.5, 0.6) is 5.75 Å². The van der Waals surface area contributed by atoms with Gasteiger partial charge in [-0.15, -0.1) is 10.2 Å². The van der Waals surface area contributed by atoms with Gasteiger partial charge >= 0.3 is 0 Å². The lowest BCUT2D eigenvalue weighted by Crippen LogP contribution is -2.22. The number of hydrogen-bond acceptors (Lipinski definition) is 5. The summed E-state index contributed by atoms with van der Waals surface area (Å²) >= 11 is 0. The smallest absolute Gasteiger partial charge is 0.247 e. The highest BCUT2D eigenvalue weighted by molar-refractivity contribution is 5.53. The molecule has 0 amide bonds. The highest BCUT2D eigenvalue weighted by atomic mass is 19.1. The fraction of sp³-hybridized carbons (Fsp3) is 0.263. The lowest BCUT2D eigenvalue weighted by Gasteiger charge is -2.23. The molecule has 1 heterocycles. The van der Waals surface area contributed by atoms with Crippen LogP contribution in [0, 0.1) is 5.82 Å². The Hall–Kier alpha value is -2.73. The van der Waals surface area contributed by atoms with Gasteiger partial charge < -0.3 is 9.15 Å². The number of rotatable bonds is 6. The highest BCUT2D eigenvalue weighted by Crippen LogP contribution is 2.24. The van der Waals surface area contributed by atoms with Gasteiger partial charge in [0.05, 0.1) is 13.7 Å². The van der Waals surface area contributed by atoms with Crippen molar-refractivity contribution < 1.29 is 13.5 Å². The highest BCUT2D eigenvalue weighted by Gasteiger charge is 2.16. The minimum atomic E-state index is -0.236. The molecule has 3 aromatic rings. The van der Waals surface area contributed by atoms with Gasteiger partial charge in [-0.05, 0) is 55.9 Å². The molecule has 0 N–H and O–H groups in total. The van der Waals surface area contributed by atoms with Gasteiger partial charge in [-0.1, -0.05) is 12.1 Å². The van der Waals surface area contributed by atoms with Gasteiger partial charge in [-0.3, -0.25) is 4.90 Å². The van der Waals surface area contributed by atoms with E-state index in [1.165, 1.54) is 12.1 Å². The average Bonchev–Trinajstić information content (AvgIpc) is 3.10. The molecule has 1 aromatic heterocycles. The topological polar surface area (TPSA) is 51.4 Å². The van der Waals surface area contributed by atoms with Crippen LogP contribution in [0.15, 0.2) is 52.9 Å². The summed E-state index contributed by atoms with van der Waals surface area (Å²) in [6, 6.07) is 14.0. The van der Waals surface area contributed by atoms with Crippen molar-refractivity contribution in [2.75, 3.05) is 14.2 Å². The van der Waals surface area contributed by atoms with Crippen molar-refractivity contribution in [2.45, 2.75) is 19.5 Å². The van der Waals surface area contributed by atoms with Crippen molar-refractivity contribution in [3.8, 4) is 17.2 Å². The zero-order chi connectivity index (χ0) is 17.8. The first kappa shape index (κ1) is 17.1. The molecule has 25 heavy (non-hydrogen) atoms. The van der Waals surface area contributed by atoms with Crippen molar-refractivity contribution in [2.24, 2.45) is 0 Å². The molecule has 0 aliphatic carbocycles. The fourth-order valence-corrected chi connectivity index (χ4v) is 2.51. The second kappa shape index (κ2) is 7.44. The van der Waals surface area contributed by atoms with E-state index in [-0.39, 0.29) is 11.9 Å². The molecule has 130 valence electrons. The van der Waals surface area contributed by atoms with Crippen LogP contribution in [0.3, 0.4) is 0 Å². The summed E-state index contributed by atoms with van der Waals surface area (Å²) in [4.78, 5) is 2.07. The summed E-state index contributed by atoms with van der Waals surface area (Å²) in [5, 5.41) is 8.22. The third-order valence-corrected chi connectivity index (χ3v) is 4.20. The summed E-state index contributed by atoms with van der Waals surface area (Å²) in [5.41, 5.74) is 1.87. The normalized spacial score (nSPS) is 12.4. The van der Waals surface area contributed by atoms with Gasteiger partial charge in [-0.25, -0.2) is 4.39 Å². The molecule has 0 saturated heterocycles. The summed E-state index contributed by atoms with van der Waals surface area (Å²) in [5.74, 6) is 1.54. The van der Waals surface area contributed by atoms with E-state index in [0.717, 1.165) is 16.9 Å². The zero-order valence-electron chi connectivity index (χ0n) is 14.4. The molecule has 0 saturated carbocycles. The number of aromatic nitrogens is 2. The second-order valence-corrected chi connectivity index (χ2v) is 5.87. The van der Waals surface area contributed by atoms with E-state index in [2.05, 4.69) is 15.1 Å². The Morgan fingerprint density at radius 1 is 1.08 bits per heavy atom. The first-order valence-corrected chi connectivity index (χ1v) is 7.99. The van der Waals surface area contributed by atoms with Crippen LogP contribution < -0.4 is 4.74 Å². The van der Waals surface area contributed by atoms with Crippen LogP contribution in [-0.4, -0.2) is 29.3 Å². The first-order valence-electron chi connectivity index (χ1n) is 7.99. The van der Waals surface area contributed by atoms with E-state index in [0.29, 0.717) is 18.3 Å². The summed E-state index contributed by atoms with van der Waals surface area (Å²) in [6.45, 7) is 2.55. The minimum absolute atomic E-state index is 0.0944. The van der Waals surface area contributed by atoms with Crippen LogP contribution in [0.2, 0.25) is 0 Å². The number of nitrogens with zero attached hydrogens (tertiary/aromatic N) is 3. The number of ether oxygens (including phenoxy) is 1. The largest absolute Gasteiger partial charge is 0.497 e. The predicted octanol–water partition coefficient (Wildman–Crippen LogP) is 4.08. The quantitative estimate of drug-likeness (QED) is 0.676. The number of hydrogen-bond donors (Lipinski definition) is 0. The maximum atomic E-state index is 13.1. The monoisotopic (exact) mass is 341 g/mol. The van der Waals surface area contributed by atoms with E-state index >= 15 is 0 Å². The molecule has 1 atom stereocenters. The maximum absolute atomic E-state index is 13.1. The van der Waals surface area contributed by atoms with Gasteiger partial charge in [0.1, 0.15) is 11.6 Å². The summed E-state index contributed by atoms with van der Waals surface area (Å²) < 4.78 is 24.0. The van der Waals surface area contributed by atoms with E-state index in [1.807, 2.05) is 38.2 Å². The van der Waals surface area contributed by atoms with Gasteiger partial charge in [0, 0.05) is 11.6 Å². The molecular weight excluding hydrogens is 321 g/mol. The Kier molecular flexibility index (Phi) is 5.09. The van der Waals surface area contributed by atoms with Crippen molar-refractivity contribution in [3.63, 3.8) is 0 Å². The predicted molar refractivity (Wildman–Crippen MR) is 92.6 cm³/mol. The van der Waals surface area contributed by atoms with Gasteiger partial charge in [-0.2, -0.15) is 0 Å². The third kappa shape index (κ3) is 4.03. The van der Waals surface area contributed by atoms with Gasteiger partial charge in [0.15, 0.2) is 0 Å². The Bertz CT molecular complexity index is 815. The Morgan fingerprint density at radius 2 is 1.76 bits per heavy atom. The molecule has 0 spiro atoms. The van der Waals surface area contributed by atoms with Crippen LogP contribution in [-0.2, 0) is 6.54 Å². The van der Waals surface area contributed by atoms with E-state index in [9.17, 15) is 4.39 Å². The molecule has 0 bridgehead atoms. The maximum Gasteiger partial charge on any atom is 0.247 e. The molecule has 0 aliphatic rings. The van der Waals surface area contributed by atoms with E-state index < -0.39 is 0 Å². The average molecular weight is 341 g/mol. The Morgan fingerprint density at radius 3 is 2.40 bits per heavy atom. The van der Waals surface area contributed by atoms with Gasteiger partial charge in [0.2, 0.25) is 11.8 Å². The van der Waals surface area contributed by atoms with Gasteiger partial charge in [0.25, 0.3) is 0 Å². The summed E-state index contributed by atoms with van der Waals surface area (Å²) in [6.07, 6.45) is 0. The lowest BCUT2D eigenvalue weighted by molar-refractivity contribution is 0.228. The molecule has 0 aliphatic heterocycles. The second-order valence-electron chi connectivity index (χ2n) is 5.87. The van der Waals surface area contributed by atoms with E-state index in [4.69, 9.17) is 9.15 Å². The van der Waals surface area contributed by atoms with Crippen molar-refractivity contribution in [1.29, 1.82) is 0 Å². The molecule has 3 rings (SSSR count). The molecule has 2 aromatic carbocycles. The lowest BCUT2D eigenvalue weighted by atomic mass is 10.1. The Labute approximate surface area is 146 Å². The summed E-state index contributed by atoms with van der Waals surface area (Å²) in [7, 11) is 3.59. The van der Waals surface area contributed by atoms with Crippen molar-refractivity contribution in [1.82, 2.24) is 15.1 Å². The number of methoxy groups -OCH3 is 1. The molecule has 1 unspecified atom stereocenters. The van der Waals surface area contributed by atoms with Crippen LogP contribution >= 0.6 is 0 Å². The molecule has 0 fully saturated rings. The zero-order valence-corrected chi connectivity index (χ0v) is 14.4. The first-order chi connectivity index (χ1) is 12.1. The Balaban J connectivity index is 1.68. The van der Waals surface area contributed by atoms with Crippen molar-refractivity contribution in [3.05, 3.63) is 65.8 Å². The van der Waals surface area contributed by atoms with Crippen LogP contribution in [0.25, 0.3) is 11.5 Å². The molecule has 0 radical (unpaired) electrons. The molecular formula is C19H20FN3O2. The minimum Gasteiger partial charge on any atom is -0.497 e. The standard InChI is InChI=1S/C19H20FN3O2/c1-13(14-4-8-16(20)9-5-14)23(2)12-18-21-22-19(25-18)15-6-10-17(24-3)11-7-15/h4-11,13H,12H2,1-3H3. The SMILES string of the molecule is COc1ccc(-c2nnc(CN(C)C(C)c3ccc(F)cc3)o2)cc1. The fourth-order valence-electron chi connectivity index (χ4n) is 2.51. The number of benzene rings is 2. The van der Waals surface area contributed by atoms with Crippen molar-refractivity contribution >= 4 is 0 Å². The third-order valence-electron chi connectivity index (χ3n) is 4.20.